The number of unbranched alkanes of at least 4 members (excludes halogenated alkanes) is 3. The van der Waals surface area contributed by atoms with E-state index in [9.17, 15) is 4.79 Å². The predicted octanol–water partition coefficient (Wildman–Crippen LogP) is 4.39. The van der Waals surface area contributed by atoms with Crippen LogP contribution in [0, 0.1) is 0 Å². The number of methoxy groups -OCH3 is 1. The topological polar surface area (TPSA) is 64.8 Å². The highest BCUT2D eigenvalue weighted by atomic mass is 35.5. The number of rotatable bonds is 14. The minimum absolute atomic E-state index is 0. The van der Waals surface area contributed by atoms with Gasteiger partial charge in [-0.3, -0.25) is 4.79 Å². The van der Waals surface area contributed by atoms with E-state index in [1.54, 1.807) is 7.11 Å². The summed E-state index contributed by atoms with van der Waals surface area (Å²) in [5.41, 5.74) is 7.88. The number of carbonyl (C=O) groups excluding carboxylic acids is 1. The first kappa shape index (κ1) is 27.1. The van der Waals surface area contributed by atoms with Crippen molar-refractivity contribution in [3.05, 3.63) is 23.8 Å². The highest BCUT2D eigenvalue weighted by Gasteiger charge is 2.18. The summed E-state index contributed by atoms with van der Waals surface area (Å²) in [5, 5.41) is 0. The number of benzene rings is 1. The molecule has 0 radical (unpaired) electrons. The molecule has 0 aliphatic heterocycles. The Labute approximate surface area is 185 Å². The molecular weight excluding hydrogens is 423 g/mol. The smallest absolute Gasteiger partial charge is 0.323 e. The molecule has 162 valence electrons. The van der Waals surface area contributed by atoms with Crippen molar-refractivity contribution in [2.45, 2.75) is 45.1 Å². The van der Waals surface area contributed by atoms with Crippen molar-refractivity contribution in [1.29, 1.82) is 0 Å². The third kappa shape index (κ3) is 9.55. The molecule has 0 spiro atoms. The molecule has 0 heterocycles. The normalized spacial score (nSPS) is 11.5. The van der Waals surface area contributed by atoms with Gasteiger partial charge in [-0.25, -0.2) is 0 Å². The Balaban J connectivity index is 0.00000729. The number of esters is 1. The standard InChI is InChI=1S/C20H32Cl2N2O3.ClH/c1-3-4-5-6-13-27-20(25)17(23)14-16-7-8-19(26-2)18(15-16)24(11-9-21)12-10-22;/h7-8,15,17H,3-6,9-14,23H2,1-2H3;1H. The van der Waals surface area contributed by atoms with Crippen LogP contribution < -0.4 is 15.4 Å². The molecule has 0 aromatic heterocycles. The van der Waals surface area contributed by atoms with E-state index in [0.717, 1.165) is 42.7 Å². The molecule has 0 saturated heterocycles. The zero-order valence-electron chi connectivity index (χ0n) is 16.8. The second-order valence-corrected chi connectivity index (χ2v) is 7.17. The third-order valence-corrected chi connectivity index (χ3v) is 4.63. The van der Waals surface area contributed by atoms with Gasteiger partial charge in [0.05, 0.1) is 19.4 Å². The number of nitrogens with two attached hydrogens (primary N) is 1. The summed E-state index contributed by atoms with van der Waals surface area (Å²) in [5.74, 6) is 1.34. The van der Waals surface area contributed by atoms with Crippen molar-refractivity contribution < 1.29 is 14.3 Å². The lowest BCUT2D eigenvalue weighted by molar-refractivity contribution is -0.145. The van der Waals surface area contributed by atoms with Crippen molar-refractivity contribution in [2.75, 3.05) is 43.5 Å². The Morgan fingerprint density at radius 3 is 2.43 bits per heavy atom. The molecule has 0 aliphatic rings. The Morgan fingerprint density at radius 2 is 1.86 bits per heavy atom. The number of alkyl halides is 2. The summed E-state index contributed by atoms with van der Waals surface area (Å²) in [6, 6.07) is 5.08. The van der Waals surface area contributed by atoms with Crippen LogP contribution in [-0.2, 0) is 16.0 Å². The van der Waals surface area contributed by atoms with E-state index >= 15 is 0 Å². The average Bonchev–Trinajstić information content (AvgIpc) is 2.67. The highest BCUT2D eigenvalue weighted by molar-refractivity contribution is 6.18. The van der Waals surface area contributed by atoms with E-state index in [2.05, 4.69) is 11.8 Å². The van der Waals surface area contributed by atoms with Gasteiger partial charge in [-0.2, -0.15) is 0 Å². The molecule has 1 rings (SSSR count). The number of anilines is 1. The molecule has 0 bridgehead atoms. The zero-order chi connectivity index (χ0) is 20.1. The molecule has 0 saturated carbocycles. The van der Waals surface area contributed by atoms with Gasteiger partial charge in [0.15, 0.2) is 0 Å². The summed E-state index contributed by atoms with van der Waals surface area (Å²) in [6.45, 7) is 3.88. The van der Waals surface area contributed by atoms with Gasteiger partial charge in [0.2, 0.25) is 0 Å². The van der Waals surface area contributed by atoms with E-state index in [1.165, 1.54) is 0 Å². The average molecular weight is 456 g/mol. The van der Waals surface area contributed by atoms with Gasteiger partial charge in [-0.05, 0) is 30.5 Å². The first-order chi connectivity index (χ1) is 13.1. The van der Waals surface area contributed by atoms with Crippen molar-refractivity contribution in [1.82, 2.24) is 0 Å². The van der Waals surface area contributed by atoms with Gasteiger partial charge in [0.1, 0.15) is 11.8 Å². The van der Waals surface area contributed by atoms with Gasteiger partial charge in [-0.1, -0.05) is 32.3 Å². The predicted molar refractivity (Wildman–Crippen MR) is 121 cm³/mol. The summed E-state index contributed by atoms with van der Waals surface area (Å²) >= 11 is 11.8. The first-order valence-corrected chi connectivity index (χ1v) is 10.6. The lowest BCUT2D eigenvalue weighted by Gasteiger charge is -2.25. The van der Waals surface area contributed by atoms with E-state index in [-0.39, 0.29) is 18.4 Å². The molecule has 2 N–H and O–H groups in total. The Kier molecular flexibility index (Phi) is 15.5. The van der Waals surface area contributed by atoms with Crippen LogP contribution in [0.4, 0.5) is 5.69 Å². The third-order valence-electron chi connectivity index (χ3n) is 4.29. The molecule has 8 heteroatoms. The summed E-state index contributed by atoms with van der Waals surface area (Å²) < 4.78 is 10.7. The van der Waals surface area contributed by atoms with Crippen molar-refractivity contribution >= 4 is 47.3 Å². The van der Waals surface area contributed by atoms with Crippen LogP contribution in [0.25, 0.3) is 0 Å². The maximum absolute atomic E-state index is 12.1. The fourth-order valence-electron chi connectivity index (χ4n) is 2.81. The fourth-order valence-corrected chi connectivity index (χ4v) is 3.22. The number of carbonyl (C=O) groups is 1. The molecule has 1 aromatic carbocycles. The number of hydrogen-bond donors (Lipinski definition) is 1. The van der Waals surface area contributed by atoms with E-state index in [1.807, 2.05) is 18.2 Å². The number of halogens is 3. The van der Waals surface area contributed by atoms with Crippen LogP contribution in [0.3, 0.4) is 0 Å². The summed E-state index contributed by atoms with van der Waals surface area (Å²) in [7, 11) is 1.62. The monoisotopic (exact) mass is 454 g/mol. The maximum Gasteiger partial charge on any atom is 0.323 e. The molecule has 0 amide bonds. The second-order valence-electron chi connectivity index (χ2n) is 6.41. The molecule has 0 aliphatic carbocycles. The lowest BCUT2D eigenvalue weighted by Crippen LogP contribution is -2.34. The quantitative estimate of drug-likeness (QED) is 0.256. The minimum Gasteiger partial charge on any atom is -0.495 e. The van der Waals surface area contributed by atoms with E-state index in [4.69, 9.17) is 38.4 Å². The lowest BCUT2D eigenvalue weighted by atomic mass is 10.0. The van der Waals surface area contributed by atoms with Gasteiger partial charge in [0, 0.05) is 24.8 Å². The molecule has 0 fully saturated rings. The van der Waals surface area contributed by atoms with Gasteiger partial charge in [0.25, 0.3) is 0 Å². The number of ether oxygens (including phenoxy) is 2. The molecule has 1 unspecified atom stereocenters. The van der Waals surface area contributed by atoms with Crippen molar-refractivity contribution in [3.63, 3.8) is 0 Å². The van der Waals surface area contributed by atoms with Crippen molar-refractivity contribution in [3.8, 4) is 5.75 Å². The summed E-state index contributed by atoms with van der Waals surface area (Å²) in [6.07, 6.45) is 4.65. The minimum atomic E-state index is -0.688. The van der Waals surface area contributed by atoms with Crippen LogP contribution in [0.1, 0.15) is 38.2 Å². The second kappa shape index (κ2) is 16.0. The highest BCUT2D eigenvalue weighted by Crippen LogP contribution is 2.30. The molecule has 5 nitrogen and oxygen atoms in total. The van der Waals surface area contributed by atoms with Gasteiger partial charge in [-0.15, -0.1) is 35.6 Å². The fraction of sp³-hybridized carbons (Fsp3) is 0.650. The van der Waals surface area contributed by atoms with E-state index in [0.29, 0.717) is 37.9 Å². The summed E-state index contributed by atoms with van der Waals surface area (Å²) in [4.78, 5) is 14.2. The molecule has 28 heavy (non-hydrogen) atoms. The van der Waals surface area contributed by atoms with Crippen LogP contribution in [-0.4, -0.2) is 50.6 Å². The zero-order valence-corrected chi connectivity index (χ0v) is 19.1. The van der Waals surface area contributed by atoms with Crippen LogP contribution in [0.5, 0.6) is 5.75 Å². The number of nitrogens with zero attached hydrogens (tertiary/aromatic N) is 1. The largest absolute Gasteiger partial charge is 0.495 e. The Morgan fingerprint density at radius 1 is 1.18 bits per heavy atom. The van der Waals surface area contributed by atoms with Crippen LogP contribution in [0.15, 0.2) is 18.2 Å². The SMILES string of the molecule is CCCCCCOC(=O)C(N)Cc1ccc(OC)c(N(CCCl)CCCl)c1.Cl. The van der Waals surface area contributed by atoms with E-state index < -0.39 is 6.04 Å². The van der Waals surface area contributed by atoms with Crippen LogP contribution in [0.2, 0.25) is 0 Å². The Hall–Kier alpha value is -0.880. The molecule has 1 aromatic rings. The molecular formula is C20H33Cl3N2O3. The van der Waals surface area contributed by atoms with Gasteiger partial charge >= 0.3 is 5.97 Å². The molecule has 1 atom stereocenters. The number of hydrogen-bond acceptors (Lipinski definition) is 5. The first-order valence-electron chi connectivity index (χ1n) is 9.53. The van der Waals surface area contributed by atoms with Crippen LogP contribution >= 0.6 is 35.6 Å². The Bertz CT molecular complexity index is 555. The maximum atomic E-state index is 12.1. The van der Waals surface area contributed by atoms with Gasteiger partial charge < -0.3 is 20.1 Å². The van der Waals surface area contributed by atoms with Crippen molar-refractivity contribution in [2.24, 2.45) is 5.73 Å².